The van der Waals surface area contributed by atoms with Gasteiger partial charge in [0.05, 0.1) is 0 Å². The van der Waals surface area contributed by atoms with Gasteiger partial charge in [-0.1, -0.05) is 0 Å². The van der Waals surface area contributed by atoms with Gasteiger partial charge in [0.2, 0.25) is 0 Å². The number of hydrogen-bond acceptors (Lipinski definition) is 3. The quantitative estimate of drug-likeness (QED) is 0.449. The Morgan fingerprint density at radius 2 is 1.77 bits per heavy atom. The molecule has 0 saturated carbocycles. The zero-order chi connectivity index (χ0) is 10.3. The summed E-state index contributed by atoms with van der Waals surface area (Å²) in [5, 5.41) is 0. The number of ether oxygens (including phenoxy) is 1. The average Bonchev–Trinajstić information content (AvgIpc) is 2.02. The van der Waals surface area contributed by atoms with Crippen molar-refractivity contribution in [2.75, 3.05) is 6.54 Å². The largest absolute Gasteiger partial charge is 0.461 e. The lowest BCUT2D eigenvalue weighted by atomic mass is 10.2. The molecule has 0 fully saturated rings. The molecule has 0 rings (SSSR count). The highest BCUT2D eigenvalue weighted by molar-refractivity contribution is 5.37. The van der Waals surface area contributed by atoms with E-state index in [1.54, 1.807) is 6.61 Å². The first-order valence-electron chi connectivity index (χ1n) is 4.76. The van der Waals surface area contributed by atoms with Crippen molar-refractivity contribution >= 4 is 6.47 Å². The Morgan fingerprint density at radius 3 is 2.15 bits per heavy atom. The topological polar surface area (TPSA) is 29.5 Å². The van der Waals surface area contributed by atoms with E-state index in [9.17, 15) is 4.79 Å². The molecule has 0 aromatic carbocycles. The van der Waals surface area contributed by atoms with Crippen LogP contribution in [0.25, 0.3) is 0 Å². The van der Waals surface area contributed by atoms with Gasteiger partial charge in [-0.2, -0.15) is 0 Å². The number of hydrogen-bond donors (Lipinski definition) is 0. The van der Waals surface area contributed by atoms with E-state index in [-0.39, 0.29) is 0 Å². The molecule has 77 valence electrons. The van der Waals surface area contributed by atoms with E-state index in [0.29, 0.717) is 18.6 Å². The van der Waals surface area contributed by atoms with Crippen molar-refractivity contribution in [3.8, 4) is 0 Å². The van der Waals surface area contributed by atoms with Crippen molar-refractivity contribution < 1.29 is 9.53 Å². The van der Waals surface area contributed by atoms with Crippen LogP contribution >= 0.6 is 0 Å². The van der Waals surface area contributed by atoms with Crippen LogP contribution in [0.2, 0.25) is 0 Å². The van der Waals surface area contributed by atoms with Gasteiger partial charge in [0, 0.05) is 25.0 Å². The summed E-state index contributed by atoms with van der Waals surface area (Å²) < 4.78 is 4.51. The summed E-state index contributed by atoms with van der Waals surface area (Å²) in [6, 6.07) is 1.06. The Morgan fingerprint density at radius 1 is 1.23 bits per heavy atom. The molecular weight excluding hydrogens is 166 g/mol. The number of carbonyl (C=O) groups excluding carboxylic acids is 1. The molecule has 0 heterocycles. The van der Waals surface area contributed by atoms with Gasteiger partial charge in [0.1, 0.15) is 6.61 Å². The molecular formula is C10H20NO2. The van der Waals surface area contributed by atoms with Crippen LogP contribution < -0.4 is 0 Å². The monoisotopic (exact) mass is 186 g/mol. The summed E-state index contributed by atoms with van der Waals surface area (Å²) in [5.41, 5.74) is 0. The predicted molar refractivity (Wildman–Crippen MR) is 53.0 cm³/mol. The molecule has 3 nitrogen and oxygen atoms in total. The molecule has 0 aliphatic rings. The van der Waals surface area contributed by atoms with Crippen molar-refractivity contribution in [3.63, 3.8) is 0 Å². The highest BCUT2D eigenvalue weighted by Gasteiger charge is 2.12. The number of nitrogens with zero attached hydrogens (tertiary/aromatic N) is 1. The molecule has 13 heavy (non-hydrogen) atoms. The standard InChI is InChI=1S/C10H20NO2/c1-9(2)11(10(3)4)6-5-7-13-8-12/h7-10H,5-6H2,1-4H3. The first-order valence-corrected chi connectivity index (χ1v) is 4.76. The SMILES string of the molecule is CC(C)N(CC[CH]OC=O)C(C)C. The molecule has 1 radical (unpaired) electrons. The average molecular weight is 186 g/mol. The Balaban J connectivity index is 3.63. The Kier molecular flexibility index (Phi) is 6.59. The van der Waals surface area contributed by atoms with E-state index in [0.717, 1.165) is 13.0 Å². The molecule has 0 atom stereocenters. The zero-order valence-electron chi connectivity index (χ0n) is 8.99. The van der Waals surface area contributed by atoms with Gasteiger partial charge in [0.25, 0.3) is 6.47 Å². The van der Waals surface area contributed by atoms with Gasteiger partial charge >= 0.3 is 0 Å². The molecule has 0 amide bonds. The maximum Gasteiger partial charge on any atom is 0.293 e. The second kappa shape index (κ2) is 6.89. The number of carbonyl (C=O) groups is 1. The third-order valence-corrected chi connectivity index (χ3v) is 1.98. The van der Waals surface area contributed by atoms with E-state index < -0.39 is 0 Å². The van der Waals surface area contributed by atoms with Gasteiger partial charge in [0.15, 0.2) is 0 Å². The summed E-state index contributed by atoms with van der Waals surface area (Å²) in [7, 11) is 0. The molecule has 0 aromatic rings. The van der Waals surface area contributed by atoms with E-state index in [1.807, 2.05) is 0 Å². The van der Waals surface area contributed by atoms with Crippen molar-refractivity contribution in [1.29, 1.82) is 0 Å². The van der Waals surface area contributed by atoms with Crippen LogP contribution in [0.5, 0.6) is 0 Å². The molecule has 0 aromatic heterocycles. The summed E-state index contributed by atoms with van der Waals surface area (Å²) >= 11 is 0. The molecule has 0 aliphatic heterocycles. The lowest BCUT2D eigenvalue weighted by molar-refractivity contribution is -0.125. The fourth-order valence-corrected chi connectivity index (χ4v) is 1.42. The lowest BCUT2D eigenvalue weighted by Crippen LogP contribution is -2.37. The molecule has 0 aliphatic carbocycles. The van der Waals surface area contributed by atoms with Crippen LogP contribution in [-0.4, -0.2) is 30.0 Å². The minimum absolute atomic E-state index is 0.453. The summed E-state index contributed by atoms with van der Waals surface area (Å²) in [5.74, 6) is 0. The van der Waals surface area contributed by atoms with Gasteiger partial charge in [-0.15, -0.1) is 0 Å². The van der Waals surface area contributed by atoms with Crippen LogP contribution in [0.3, 0.4) is 0 Å². The fraction of sp³-hybridized carbons (Fsp3) is 0.800. The van der Waals surface area contributed by atoms with E-state index in [4.69, 9.17) is 0 Å². The maximum atomic E-state index is 9.85. The minimum Gasteiger partial charge on any atom is -0.461 e. The first-order chi connectivity index (χ1) is 6.09. The minimum atomic E-state index is 0.453. The Hall–Kier alpha value is -0.570. The summed E-state index contributed by atoms with van der Waals surface area (Å²) in [4.78, 5) is 12.2. The van der Waals surface area contributed by atoms with E-state index >= 15 is 0 Å². The van der Waals surface area contributed by atoms with Crippen LogP contribution in [0, 0.1) is 6.61 Å². The Labute approximate surface area is 81.1 Å². The van der Waals surface area contributed by atoms with Gasteiger partial charge in [-0.3, -0.25) is 9.69 Å². The molecule has 0 bridgehead atoms. The third-order valence-electron chi connectivity index (χ3n) is 1.98. The molecule has 0 saturated heterocycles. The van der Waals surface area contributed by atoms with E-state index in [2.05, 4.69) is 37.3 Å². The first kappa shape index (κ1) is 12.4. The van der Waals surface area contributed by atoms with Gasteiger partial charge in [-0.05, 0) is 27.7 Å². The van der Waals surface area contributed by atoms with E-state index in [1.165, 1.54) is 0 Å². The molecule has 0 N–H and O–H groups in total. The van der Waals surface area contributed by atoms with Crippen molar-refractivity contribution in [2.45, 2.75) is 46.2 Å². The second-order valence-electron chi connectivity index (χ2n) is 3.61. The highest BCUT2D eigenvalue weighted by atomic mass is 16.5. The van der Waals surface area contributed by atoms with Crippen LogP contribution in [0.15, 0.2) is 0 Å². The van der Waals surface area contributed by atoms with Crippen LogP contribution in [-0.2, 0) is 9.53 Å². The maximum absolute atomic E-state index is 9.85. The summed E-state index contributed by atoms with van der Waals surface area (Å²) in [6.07, 6.45) is 0.787. The third kappa shape index (κ3) is 5.64. The van der Waals surface area contributed by atoms with Gasteiger partial charge < -0.3 is 4.74 Å². The zero-order valence-corrected chi connectivity index (χ0v) is 8.99. The molecule has 3 heteroatoms. The van der Waals surface area contributed by atoms with Crippen molar-refractivity contribution in [2.24, 2.45) is 0 Å². The number of rotatable bonds is 7. The van der Waals surface area contributed by atoms with Crippen LogP contribution in [0.4, 0.5) is 0 Å². The highest BCUT2D eigenvalue weighted by Crippen LogP contribution is 2.06. The normalized spacial score (nSPS) is 11.3. The molecule has 0 unspecified atom stereocenters. The summed E-state index contributed by atoms with van der Waals surface area (Å²) in [6.45, 7) is 11.6. The molecule has 0 spiro atoms. The van der Waals surface area contributed by atoms with Crippen molar-refractivity contribution in [1.82, 2.24) is 4.90 Å². The predicted octanol–water partition coefficient (Wildman–Crippen LogP) is 1.83. The van der Waals surface area contributed by atoms with Gasteiger partial charge in [-0.25, -0.2) is 0 Å². The van der Waals surface area contributed by atoms with Crippen LogP contribution in [0.1, 0.15) is 34.1 Å². The fourth-order valence-electron chi connectivity index (χ4n) is 1.42. The lowest BCUT2D eigenvalue weighted by Gasteiger charge is -2.30. The smallest absolute Gasteiger partial charge is 0.293 e. The Bertz CT molecular complexity index is 127. The van der Waals surface area contributed by atoms with Crippen molar-refractivity contribution in [3.05, 3.63) is 6.61 Å². The second-order valence-corrected chi connectivity index (χ2v) is 3.61.